The molecule has 0 atom stereocenters. The van der Waals surface area contributed by atoms with Crippen LogP contribution in [0.4, 0.5) is 4.39 Å². The summed E-state index contributed by atoms with van der Waals surface area (Å²) in [6.45, 7) is 1.86. The topological polar surface area (TPSA) is 43.6 Å². The van der Waals surface area contributed by atoms with Gasteiger partial charge in [0.1, 0.15) is 17.5 Å². The van der Waals surface area contributed by atoms with Gasteiger partial charge in [-0.15, -0.1) is 0 Å². The third-order valence-electron chi connectivity index (χ3n) is 3.74. The summed E-state index contributed by atoms with van der Waals surface area (Å²) in [5.41, 5.74) is 2.21. The van der Waals surface area contributed by atoms with Gasteiger partial charge < -0.3 is 0 Å². The largest absolute Gasteiger partial charge is 0.280 e. The molecule has 0 saturated carbocycles. The van der Waals surface area contributed by atoms with Gasteiger partial charge in [0.05, 0.1) is 11.0 Å². The van der Waals surface area contributed by atoms with Crippen LogP contribution in [0.2, 0.25) is 5.02 Å². The highest BCUT2D eigenvalue weighted by Crippen LogP contribution is 2.24. The maximum Gasteiger partial charge on any atom is 0.161 e. The van der Waals surface area contributed by atoms with E-state index in [0.29, 0.717) is 22.2 Å². The molecule has 24 heavy (non-hydrogen) atoms. The van der Waals surface area contributed by atoms with Crippen molar-refractivity contribution in [1.29, 1.82) is 0 Å². The predicted octanol–water partition coefficient (Wildman–Crippen LogP) is 4.58. The number of hydrogen-bond acceptors (Lipinski definition) is 3. The molecule has 118 valence electrons. The molecule has 0 unspecified atom stereocenters. The van der Waals surface area contributed by atoms with Crippen LogP contribution in [0, 0.1) is 12.7 Å². The van der Waals surface area contributed by atoms with Crippen molar-refractivity contribution < 1.29 is 4.39 Å². The minimum atomic E-state index is -0.312. The highest BCUT2D eigenvalue weighted by atomic mass is 35.5. The van der Waals surface area contributed by atoms with E-state index in [1.54, 1.807) is 30.5 Å². The second kappa shape index (κ2) is 5.69. The molecule has 2 aromatic heterocycles. The molecule has 0 spiro atoms. The fourth-order valence-corrected chi connectivity index (χ4v) is 2.89. The molecule has 0 N–H and O–H groups in total. The van der Waals surface area contributed by atoms with Crippen LogP contribution in [0.5, 0.6) is 0 Å². The van der Waals surface area contributed by atoms with E-state index in [1.165, 1.54) is 12.1 Å². The molecule has 0 fully saturated rings. The van der Waals surface area contributed by atoms with Gasteiger partial charge in [-0.2, -0.15) is 0 Å². The molecule has 0 aliphatic heterocycles. The summed E-state index contributed by atoms with van der Waals surface area (Å²) in [4.78, 5) is 13.4. The number of hydrogen-bond donors (Lipinski definition) is 0. The zero-order chi connectivity index (χ0) is 16.7. The van der Waals surface area contributed by atoms with Crippen molar-refractivity contribution >= 4 is 22.6 Å². The second-order valence-electron chi connectivity index (χ2n) is 5.38. The molecule has 4 rings (SSSR count). The number of benzene rings is 2. The maximum atomic E-state index is 13.6. The number of nitrogens with zero attached hydrogens (tertiary/aromatic N) is 4. The Morgan fingerprint density at radius 1 is 1.04 bits per heavy atom. The monoisotopic (exact) mass is 338 g/mol. The number of fused-ring (bicyclic) bond motifs is 1. The van der Waals surface area contributed by atoms with Crippen molar-refractivity contribution in [2.45, 2.75) is 6.92 Å². The van der Waals surface area contributed by atoms with Crippen molar-refractivity contribution in [3.63, 3.8) is 0 Å². The van der Waals surface area contributed by atoms with E-state index in [2.05, 4.69) is 15.0 Å². The summed E-state index contributed by atoms with van der Waals surface area (Å²) in [5, 5.41) is 0.618. The Labute approximate surface area is 142 Å². The first-order chi connectivity index (χ1) is 11.6. The van der Waals surface area contributed by atoms with E-state index in [1.807, 2.05) is 23.6 Å². The van der Waals surface area contributed by atoms with Crippen LogP contribution >= 0.6 is 11.6 Å². The fraction of sp³-hybridized carbons (Fsp3) is 0.0556. The smallest absolute Gasteiger partial charge is 0.161 e. The summed E-state index contributed by atoms with van der Waals surface area (Å²) >= 11 is 6.04. The minimum Gasteiger partial charge on any atom is -0.280 e. The van der Waals surface area contributed by atoms with Gasteiger partial charge in [-0.25, -0.2) is 19.3 Å². The number of rotatable bonds is 2. The lowest BCUT2D eigenvalue weighted by Crippen LogP contribution is -2.02. The lowest BCUT2D eigenvalue weighted by molar-refractivity contribution is 0.629. The summed E-state index contributed by atoms with van der Waals surface area (Å²) in [7, 11) is 0. The Bertz CT molecular complexity index is 1060. The predicted molar refractivity (Wildman–Crippen MR) is 91.8 cm³/mol. The van der Waals surface area contributed by atoms with Crippen LogP contribution in [-0.4, -0.2) is 19.5 Å². The fourth-order valence-electron chi connectivity index (χ4n) is 2.70. The van der Waals surface area contributed by atoms with Crippen molar-refractivity contribution in [3.8, 4) is 17.2 Å². The van der Waals surface area contributed by atoms with Crippen LogP contribution in [0.3, 0.4) is 0 Å². The first kappa shape index (κ1) is 14.8. The quantitative estimate of drug-likeness (QED) is 0.537. The summed E-state index contributed by atoms with van der Waals surface area (Å²) in [5.74, 6) is 1.59. The number of aryl methyl sites for hydroxylation is 1. The zero-order valence-corrected chi connectivity index (χ0v) is 13.5. The van der Waals surface area contributed by atoms with Crippen LogP contribution in [0.25, 0.3) is 28.2 Å². The van der Waals surface area contributed by atoms with Crippen molar-refractivity contribution in [3.05, 3.63) is 71.4 Å². The third kappa shape index (κ3) is 2.53. The average molecular weight is 339 g/mol. The van der Waals surface area contributed by atoms with Gasteiger partial charge in [0, 0.05) is 22.8 Å². The molecular weight excluding hydrogens is 327 g/mol. The van der Waals surface area contributed by atoms with Gasteiger partial charge in [-0.05, 0) is 37.3 Å². The van der Waals surface area contributed by atoms with Crippen molar-refractivity contribution in [2.75, 3.05) is 0 Å². The Morgan fingerprint density at radius 2 is 1.92 bits per heavy atom. The van der Waals surface area contributed by atoms with Gasteiger partial charge in [-0.1, -0.05) is 23.7 Å². The normalized spacial score (nSPS) is 11.1. The minimum absolute atomic E-state index is 0.312. The Kier molecular flexibility index (Phi) is 3.50. The number of aromatic nitrogens is 4. The van der Waals surface area contributed by atoms with Crippen LogP contribution in [0.1, 0.15) is 5.82 Å². The third-order valence-corrected chi connectivity index (χ3v) is 3.97. The molecule has 0 bridgehead atoms. The zero-order valence-electron chi connectivity index (χ0n) is 12.7. The van der Waals surface area contributed by atoms with E-state index < -0.39 is 0 Å². The highest BCUT2D eigenvalue weighted by Gasteiger charge is 2.12. The molecule has 0 aliphatic rings. The lowest BCUT2D eigenvalue weighted by Gasteiger charge is -2.08. The van der Waals surface area contributed by atoms with E-state index in [0.717, 1.165) is 16.9 Å². The second-order valence-corrected chi connectivity index (χ2v) is 5.81. The van der Waals surface area contributed by atoms with E-state index in [-0.39, 0.29) is 5.82 Å². The maximum absolute atomic E-state index is 13.6. The van der Waals surface area contributed by atoms with E-state index in [4.69, 9.17) is 11.6 Å². The van der Waals surface area contributed by atoms with Crippen LogP contribution < -0.4 is 0 Å². The molecule has 0 aliphatic carbocycles. The van der Waals surface area contributed by atoms with Gasteiger partial charge >= 0.3 is 0 Å². The van der Waals surface area contributed by atoms with Gasteiger partial charge in [-0.3, -0.25) is 4.57 Å². The Morgan fingerprint density at radius 3 is 2.75 bits per heavy atom. The summed E-state index contributed by atoms with van der Waals surface area (Å²) in [6.07, 6.45) is 1.67. The first-order valence-electron chi connectivity index (χ1n) is 7.36. The Balaban J connectivity index is 1.91. The molecule has 2 aromatic carbocycles. The molecule has 4 aromatic rings. The lowest BCUT2D eigenvalue weighted by atomic mass is 10.2. The number of imidazole rings is 1. The highest BCUT2D eigenvalue weighted by molar-refractivity contribution is 6.30. The van der Waals surface area contributed by atoms with Gasteiger partial charge in [0.25, 0.3) is 0 Å². The van der Waals surface area contributed by atoms with E-state index in [9.17, 15) is 4.39 Å². The Hall–Kier alpha value is -2.79. The van der Waals surface area contributed by atoms with Gasteiger partial charge in [0.2, 0.25) is 0 Å². The molecule has 4 nitrogen and oxygen atoms in total. The van der Waals surface area contributed by atoms with Crippen LogP contribution in [0.15, 0.2) is 54.7 Å². The van der Waals surface area contributed by atoms with Crippen LogP contribution in [-0.2, 0) is 0 Å². The molecule has 6 heteroatoms. The molecule has 0 amide bonds. The standard InChI is InChI=1S/C18H12ClFN4/c1-11-22-15-6-5-14(20)10-16(15)24(11)17-7-8-21-18(23-17)12-3-2-4-13(19)9-12/h2-10H,1H3. The first-order valence-corrected chi connectivity index (χ1v) is 7.73. The summed E-state index contributed by atoms with van der Waals surface area (Å²) < 4.78 is 15.5. The number of halogens is 2. The molecule has 0 saturated heterocycles. The average Bonchev–Trinajstić information content (AvgIpc) is 2.90. The van der Waals surface area contributed by atoms with Crippen molar-refractivity contribution in [2.24, 2.45) is 0 Å². The SMILES string of the molecule is Cc1nc2ccc(F)cc2n1-c1ccnc(-c2cccc(Cl)c2)n1. The van der Waals surface area contributed by atoms with E-state index >= 15 is 0 Å². The van der Waals surface area contributed by atoms with Crippen molar-refractivity contribution in [1.82, 2.24) is 19.5 Å². The molecule has 2 heterocycles. The molecule has 0 radical (unpaired) electrons. The van der Waals surface area contributed by atoms with Gasteiger partial charge in [0.15, 0.2) is 5.82 Å². The summed E-state index contributed by atoms with van der Waals surface area (Å²) in [6, 6.07) is 13.6. The molecular formula is C18H12ClFN4.